The van der Waals surface area contributed by atoms with Crippen LogP contribution in [-0.2, 0) is 20.1 Å². The van der Waals surface area contributed by atoms with Crippen LogP contribution in [0.3, 0.4) is 0 Å². The molecule has 0 saturated heterocycles. The molecule has 2 heterocycles. The topological polar surface area (TPSA) is 110 Å². The van der Waals surface area contributed by atoms with Gasteiger partial charge in [-0.2, -0.15) is 10.2 Å². The van der Waals surface area contributed by atoms with Gasteiger partial charge in [0, 0.05) is 46.2 Å². The molecule has 142 valence electrons. The van der Waals surface area contributed by atoms with Crippen molar-refractivity contribution in [3.05, 3.63) is 22.4 Å². The minimum absolute atomic E-state index is 0. The van der Waals surface area contributed by atoms with E-state index in [1.54, 1.807) is 0 Å². The predicted molar refractivity (Wildman–Crippen MR) is 95.5 cm³/mol. The molecule has 0 fully saturated rings. The van der Waals surface area contributed by atoms with E-state index in [1.807, 2.05) is 27.7 Å². The van der Waals surface area contributed by atoms with E-state index in [1.165, 1.54) is 21.8 Å². The third-order valence-corrected chi connectivity index (χ3v) is 5.36. The smallest absolute Gasteiger partial charge is 0.767 e. The summed E-state index contributed by atoms with van der Waals surface area (Å²) in [6.45, 7) is 7.49. The van der Waals surface area contributed by atoms with Gasteiger partial charge in [0.1, 0.15) is 0 Å². The quantitative estimate of drug-likeness (QED) is 0.361. The fraction of sp³-hybridized carbons (Fsp3) is 0.500. The van der Waals surface area contributed by atoms with E-state index in [2.05, 4.69) is 10.2 Å². The molecular weight excluding hydrogens is 458 g/mol. The van der Waals surface area contributed by atoms with E-state index >= 15 is 0 Å². The van der Waals surface area contributed by atoms with Crippen molar-refractivity contribution in [2.45, 2.75) is 49.8 Å². The number of rotatable bonds is 4. The third kappa shape index (κ3) is 7.40. The maximum atomic E-state index is 10.9. The summed E-state index contributed by atoms with van der Waals surface area (Å²) in [5, 5.41) is 7.36. The molecule has 14 heteroatoms. The Labute approximate surface area is 191 Å². The maximum Gasteiger partial charge on any atom is 1.00 e. The monoisotopic (exact) mass is 472 g/mol. The average molecular weight is 474 g/mol. The molecule has 0 saturated carbocycles. The standard InChI is InChI=1S/C6H8Cl2N2O2S.C6H9ClN2O2S.Na/c1-4(2)10-3-5(7)6(9-10)13(8,11)12;1-4(2)9-3-5(7)6(8-9)12(10)11;/h3-4H,1-2H3;3-4H,1-2H3,(H,10,11);/q;;+1/p-1. The largest absolute Gasteiger partial charge is 1.00 e. The summed E-state index contributed by atoms with van der Waals surface area (Å²) in [4.78, 5) is 0. The van der Waals surface area contributed by atoms with Crippen LogP contribution in [0.15, 0.2) is 22.4 Å². The molecule has 0 aromatic carbocycles. The molecule has 1 atom stereocenters. The molecule has 2 aromatic rings. The Hall–Kier alpha value is 0.350. The second-order valence-corrected chi connectivity index (χ2v) is 9.54. The summed E-state index contributed by atoms with van der Waals surface area (Å²) < 4.78 is 45.7. The zero-order valence-corrected chi connectivity index (χ0v) is 20.6. The normalized spacial score (nSPS) is 12.5. The van der Waals surface area contributed by atoms with Gasteiger partial charge in [0.2, 0.25) is 5.03 Å². The Morgan fingerprint density at radius 3 is 1.69 bits per heavy atom. The van der Waals surface area contributed by atoms with E-state index in [4.69, 9.17) is 33.9 Å². The van der Waals surface area contributed by atoms with Crippen LogP contribution in [0.4, 0.5) is 0 Å². The van der Waals surface area contributed by atoms with Gasteiger partial charge in [0.25, 0.3) is 9.05 Å². The summed E-state index contributed by atoms with van der Waals surface area (Å²) in [5.41, 5.74) is 0. The van der Waals surface area contributed by atoms with Gasteiger partial charge in [-0.3, -0.25) is 13.6 Å². The van der Waals surface area contributed by atoms with Crippen molar-refractivity contribution >= 4 is 54.0 Å². The molecular formula is C12H16Cl3N4NaO4S2. The Balaban J connectivity index is 0.000000464. The van der Waals surface area contributed by atoms with Crippen molar-refractivity contribution in [1.29, 1.82) is 0 Å². The van der Waals surface area contributed by atoms with Crippen molar-refractivity contribution in [1.82, 2.24) is 19.6 Å². The summed E-state index contributed by atoms with van der Waals surface area (Å²) in [6.07, 6.45) is 2.93. The fourth-order valence-corrected chi connectivity index (χ4v) is 3.59. The summed E-state index contributed by atoms with van der Waals surface area (Å²) in [6, 6.07) is 0.157. The summed E-state index contributed by atoms with van der Waals surface area (Å²) >= 11 is 8.88. The van der Waals surface area contributed by atoms with Gasteiger partial charge in [0.15, 0.2) is 5.03 Å². The van der Waals surface area contributed by atoms with Gasteiger partial charge in [0.05, 0.1) is 10.0 Å². The zero-order valence-electron chi connectivity index (χ0n) is 14.7. The maximum absolute atomic E-state index is 10.9. The van der Waals surface area contributed by atoms with Crippen LogP contribution >= 0.6 is 33.9 Å². The summed E-state index contributed by atoms with van der Waals surface area (Å²) in [5.74, 6) is 0. The molecule has 1 unspecified atom stereocenters. The van der Waals surface area contributed by atoms with Gasteiger partial charge in [-0.05, 0) is 27.7 Å². The van der Waals surface area contributed by atoms with Crippen LogP contribution in [0, 0.1) is 0 Å². The molecule has 0 amide bonds. The van der Waals surface area contributed by atoms with E-state index < -0.39 is 20.1 Å². The van der Waals surface area contributed by atoms with Gasteiger partial charge in [-0.25, -0.2) is 8.42 Å². The first-order chi connectivity index (χ1) is 11.3. The van der Waals surface area contributed by atoms with Crippen LogP contribution in [0.25, 0.3) is 0 Å². The van der Waals surface area contributed by atoms with Crippen molar-refractivity contribution in [2.75, 3.05) is 0 Å². The Morgan fingerprint density at radius 2 is 1.46 bits per heavy atom. The average Bonchev–Trinajstić information content (AvgIpc) is 3.02. The molecule has 0 radical (unpaired) electrons. The molecule has 0 bridgehead atoms. The molecule has 0 aliphatic carbocycles. The van der Waals surface area contributed by atoms with Gasteiger partial charge >= 0.3 is 29.6 Å². The number of nitrogens with zero attached hydrogens (tertiary/aromatic N) is 4. The van der Waals surface area contributed by atoms with E-state index in [-0.39, 0.29) is 61.7 Å². The van der Waals surface area contributed by atoms with Gasteiger partial charge < -0.3 is 4.55 Å². The van der Waals surface area contributed by atoms with Crippen LogP contribution in [0.5, 0.6) is 0 Å². The molecule has 0 aliphatic rings. The minimum atomic E-state index is -3.84. The molecule has 26 heavy (non-hydrogen) atoms. The Bertz CT molecular complexity index is 868. The van der Waals surface area contributed by atoms with Crippen molar-refractivity contribution in [3.63, 3.8) is 0 Å². The van der Waals surface area contributed by atoms with Gasteiger partial charge in [-0.1, -0.05) is 23.2 Å². The van der Waals surface area contributed by atoms with Crippen molar-refractivity contribution < 1.29 is 46.7 Å². The summed E-state index contributed by atoms with van der Waals surface area (Å²) in [7, 11) is 1.26. The number of aromatic nitrogens is 4. The van der Waals surface area contributed by atoms with Crippen LogP contribution in [0.2, 0.25) is 10.0 Å². The van der Waals surface area contributed by atoms with Gasteiger partial charge in [-0.15, -0.1) is 0 Å². The molecule has 2 rings (SSSR count). The predicted octanol–water partition coefficient (Wildman–Crippen LogP) is 0.404. The van der Waals surface area contributed by atoms with Crippen LogP contribution < -0.4 is 29.6 Å². The molecule has 2 aromatic heterocycles. The van der Waals surface area contributed by atoms with E-state index in [0.717, 1.165) is 0 Å². The van der Waals surface area contributed by atoms with Crippen LogP contribution in [0.1, 0.15) is 39.8 Å². The Kier molecular flexibility index (Phi) is 10.9. The zero-order chi connectivity index (χ0) is 19.5. The Morgan fingerprint density at radius 1 is 1.04 bits per heavy atom. The van der Waals surface area contributed by atoms with E-state index in [9.17, 15) is 17.2 Å². The second-order valence-electron chi connectivity index (χ2n) is 5.38. The number of hydrogen-bond donors (Lipinski definition) is 0. The number of halogens is 3. The second kappa shape index (κ2) is 10.8. The first kappa shape index (κ1) is 26.4. The number of hydrogen-bond acceptors (Lipinski definition) is 6. The molecule has 0 N–H and O–H groups in total. The first-order valence-electron chi connectivity index (χ1n) is 6.87. The van der Waals surface area contributed by atoms with Crippen molar-refractivity contribution in [2.24, 2.45) is 0 Å². The molecule has 0 aliphatic heterocycles. The third-order valence-electron chi connectivity index (χ3n) is 2.76. The SMILES string of the molecule is CC(C)n1cc(Cl)c(S(=O)(=O)Cl)n1.CC(C)n1cc(Cl)c(S(=O)[O-])n1.[Na+]. The minimum Gasteiger partial charge on any atom is -0.767 e. The molecule has 0 spiro atoms. The first-order valence-corrected chi connectivity index (χ1v) is 11.0. The van der Waals surface area contributed by atoms with Crippen LogP contribution in [-0.4, -0.2) is 36.7 Å². The fourth-order valence-electron chi connectivity index (χ4n) is 1.51. The van der Waals surface area contributed by atoms with Crippen molar-refractivity contribution in [3.8, 4) is 0 Å². The van der Waals surface area contributed by atoms with E-state index in [0.29, 0.717) is 0 Å². The molecule has 8 nitrogen and oxygen atoms in total.